The highest BCUT2D eigenvalue weighted by atomic mass is 35.5. The van der Waals surface area contributed by atoms with E-state index >= 15 is 0 Å². The number of fused-ring (bicyclic) bond motifs is 1. The minimum absolute atomic E-state index is 0.0273. The Morgan fingerprint density at radius 1 is 1.41 bits per heavy atom. The van der Waals surface area contributed by atoms with Gasteiger partial charge in [-0.25, -0.2) is 0 Å². The lowest BCUT2D eigenvalue weighted by Crippen LogP contribution is -2.62. The monoisotopic (exact) mass is 344 g/mol. The standard InChI is InChI=1S/C15H14Cl2O5/c1-21-14-11(19)6-10(17)13(20)15(14)3-2-7-4-8(18)5-9(16)12(7)22-15/h4-6,11,14,18-19H,2-3H2,1H3/t11-,14+,15+/m0/s1. The second-order valence-electron chi connectivity index (χ2n) is 5.40. The number of ether oxygens (including phenoxy) is 2. The van der Waals surface area contributed by atoms with Gasteiger partial charge in [-0.05, 0) is 24.1 Å². The zero-order chi connectivity index (χ0) is 16.1. The molecule has 1 aliphatic heterocycles. The summed E-state index contributed by atoms with van der Waals surface area (Å²) in [7, 11) is 1.40. The largest absolute Gasteiger partial charge is 0.508 e. The first-order valence-electron chi connectivity index (χ1n) is 6.72. The van der Waals surface area contributed by atoms with Crippen LogP contribution in [-0.2, 0) is 16.0 Å². The van der Waals surface area contributed by atoms with Crippen LogP contribution < -0.4 is 4.74 Å². The van der Waals surface area contributed by atoms with Crippen LogP contribution in [0.2, 0.25) is 5.02 Å². The van der Waals surface area contributed by atoms with Crippen LogP contribution in [0.1, 0.15) is 12.0 Å². The lowest BCUT2D eigenvalue weighted by atomic mass is 9.77. The molecule has 0 radical (unpaired) electrons. The Balaban J connectivity index is 2.11. The van der Waals surface area contributed by atoms with Gasteiger partial charge in [-0.3, -0.25) is 4.79 Å². The third kappa shape index (κ3) is 2.20. The van der Waals surface area contributed by atoms with Gasteiger partial charge in [-0.1, -0.05) is 23.2 Å². The molecule has 1 spiro atoms. The molecule has 2 aliphatic rings. The van der Waals surface area contributed by atoms with Gasteiger partial charge in [0.25, 0.3) is 0 Å². The average molecular weight is 345 g/mol. The van der Waals surface area contributed by atoms with Gasteiger partial charge in [0.15, 0.2) is 0 Å². The van der Waals surface area contributed by atoms with E-state index in [-0.39, 0.29) is 22.2 Å². The molecule has 0 bridgehead atoms. The van der Waals surface area contributed by atoms with E-state index in [4.69, 9.17) is 32.7 Å². The number of aliphatic hydroxyl groups is 1. The topological polar surface area (TPSA) is 76.0 Å². The van der Waals surface area contributed by atoms with Crippen molar-refractivity contribution in [1.82, 2.24) is 0 Å². The van der Waals surface area contributed by atoms with Gasteiger partial charge < -0.3 is 19.7 Å². The molecule has 0 amide bonds. The number of hydrogen-bond acceptors (Lipinski definition) is 5. The number of benzene rings is 1. The van der Waals surface area contributed by atoms with Crippen LogP contribution in [0.3, 0.4) is 0 Å². The predicted octanol–water partition coefficient (Wildman–Crippen LogP) is 2.19. The number of aryl methyl sites for hydroxylation is 1. The van der Waals surface area contributed by atoms with Crippen molar-refractivity contribution in [3.8, 4) is 11.5 Å². The maximum Gasteiger partial charge on any atom is 0.220 e. The van der Waals surface area contributed by atoms with Crippen molar-refractivity contribution in [2.45, 2.75) is 30.7 Å². The van der Waals surface area contributed by atoms with Crippen LogP contribution in [-0.4, -0.2) is 40.9 Å². The smallest absolute Gasteiger partial charge is 0.220 e. The summed E-state index contributed by atoms with van der Waals surface area (Å²) in [4.78, 5) is 12.6. The van der Waals surface area contributed by atoms with E-state index in [1.165, 1.54) is 25.3 Å². The fourth-order valence-corrected chi connectivity index (χ4v) is 3.66. The van der Waals surface area contributed by atoms with Crippen molar-refractivity contribution >= 4 is 29.0 Å². The van der Waals surface area contributed by atoms with Crippen LogP contribution >= 0.6 is 23.2 Å². The van der Waals surface area contributed by atoms with Crippen molar-refractivity contribution in [3.63, 3.8) is 0 Å². The molecule has 5 nitrogen and oxygen atoms in total. The van der Waals surface area contributed by atoms with Gasteiger partial charge >= 0.3 is 0 Å². The Kier molecular flexibility index (Phi) is 3.85. The minimum Gasteiger partial charge on any atom is -0.508 e. The van der Waals surface area contributed by atoms with Gasteiger partial charge in [0.1, 0.15) is 23.7 Å². The summed E-state index contributed by atoms with van der Waals surface area (Å²) >= 11 is 12.1. The first-order valence-corrected chi connectivity index (χ1v) is 7.48. The Morgan fingerprint density at radius 2 is 2.14 bits per heavy atom. The molecule has 118 valence electrons. The number of carbonyl (C=O) groups excluding carboxylic acids is 1. The highest BCUT2D eigenvalue weighted by Gasteiger charge is 2.56. The third-order valence-corrected chi connectivity index (χ3v) is 4.68. The van der Waals surface area contributed by atoms with Crippen molar-refractivity contribution in [2.75, 3.05) is 7.11 Å². The molecule has 0 saturated carbocycles. The van der Waals surface area contributed by atoms with Crippen LogP contribution in [0, 0.1) is 0 Å². The van der Waals surface area contributed by atoms with Crippen LogP contribution in [0.15, 0.2) is 23.2 Å². The number of phenolic OH excluding ortho intramolecular Hbond substituents is 1. The molecule has 0 aromatic heterocycles. The fourth-order valence-electron chi connectivity index (χ4n) is 3.10. The Hall–Kier alpha value is -1.27. The Labute approximate surface area is 137 Å². The summed E-state index contributed by atoms with van der Waals surface area (Å²) in [6.45, 7) is 0. The lowest BCUT2D eigenvalue weighted by Gasteiger charge is -2.45. The summed E-state index contributed by atoms with van der Waals surface area (Å²) in [5.74, 6) is -0.111. The van der Waals surface area contributed by atoms with Crippen molar-refractivity contribution < 1.29 is 24.5 Å². The summed E-state index contributed by atoms with van der Waals surface area (Å²) in [5.41, 5.74) is -0.730. The molecule has 1 heterocycles. The normalized spacial score (nSPS) is 30.7. The second-order valence-corrected chi connectivity index (χ2v) is 6.21. The SMILES string of the molecule is CO[C@@H]1[C@@H](O)C=C(Cl)C(=O)[C@]12CCc1cc(O)cc(Cl)c1O2. The predicted molar refractivity (Wildman–Crippen MR) is 80.5 cm³/mol. The van der Waals surface area contributed by atoms with E-state index in [0.29, 0.717) is 17.7 Å². The molecule has 7 heteroatoms. The molecule has 22 heavy (non-hydrogen) atoms. The molecule has 1 aliphatic carbocycles. The number of carbonyl (C=O) groups is 1. The molecular weight excluding hydrogens is 331 g/mol. The fraction of sp³-hybridized carbons (Fsp3) is 0.400. The van der Waals surface area contributed by atoms with Crippen molar-refractivity contribution in [3.05, 3.63) is 33.8 Å². The maximum absolute atomic E-state index is 12.6. The Bertz CT molecular complexity index is 672. The maximum atomic E-state index is 12.6. The Morgan fingerprint density at radius 3 is 2.82 bits per heavy atom. The van der Waals surface area contributed by atoms with Crippen LogP contribution in [0.4, 0.5) is 0 Å². The van der Waals surface area contributed by atoms with Gasteiger partial charge in [0, 0.05) is 19.6 Å². The zero-order valence-corrected chi connectivity index (χ0v) is 13.2. The minimum atomic E-state index is -1.42. The number of hydrogen-bond donors (Lipinski definition) is 2. The summed E-state index contributed by atoms with van der Waals surface area (Å²) in [6, 6.07) is 2.87. The molecule has 1 aromatic carbocycles. The first-order chi connectivity index (χ1) is 10.4. The van der Waals surface area contributed by atoms with Gasteiger partial charge in [-0.2, -0.15) is 0 Å². The van der Waals surface area contributed by atoms with Crippen LogP contribution in [0.5, 0.6) is 11.5 Å². The number of phenols is 1. The molecule has 0 unspecified atom stereocenters. The van der Waals surface area contributed by atoms with Gasteiger partial charge in [0.2, 0.25) is 11.4 Å². The number of aromatic hydroxyl groups is 1. The number of methoxy groups -OCH3 is 1. The highest BCUT2D eigenvalue weighted by molar-refractivity contribution is 6.44. The van der Waals surface area contributed by atoms with Crippen molar-refractivity contribution in [1.29, 1.82) is 0 Å². The van der Waals surface area contributed by atoms with Crippen molar-refractivity contribution in [2.24, 2.45) is 0 Å². The molecule has 0 fully saturated rings. The lowest BCUT2D eigenvalue weighted by molar-refractivity contribution is -0.159. The summed E-state index contributed by atoms with van der Waals surface area (Å²) < 4.78 is 11.2. The average Bonchev–Trinajstić information content (AvgIpc) is 2.46. The number of ketones is 1. The molecule has 0 saturated heterocycles. The number of Topliss-reactive ketones (excluding diaryl/α,β-unsaturated/α-hetero) is 1. The van der Waals surface area contributed by atoms with E-state index in [0.717, 1.165) is 0 Å². The highest BCUT2D eigenvalue weighted by Crippen LogP contribution is 2.45. The molecule has 2 N–H and O–H groups in total. The van der Waals surface area contributed by atoms with E-state index < -0.39 is 23.6 Å². The van der Waals surface area contributed by atoms with Gasteiger partial charge in [-0.15, -0.1) is 0 Å². The molecule has 3 atom stereocenters. The second kappa shape index (κ2) is 5.42. The summed E-state index contributed by atoms with van der Waals surface area (Å²) in [6.07, 6.45) is -0.00158. The number of rotatable bonds is 1. The quantitative estimate of drug-likeness (QED) is 0.816. The zero-order valence-electron chi connectivity index (χ0n) is 11.7. The van der Waals surface area contributed by atoms with Crippen LogP contribution in [0.25, 0.3) is 0 Å². The summed E-state index contributed by atoms with van der Waals surface area (Å²) in [5, 5.41) is 19.9. The molecule has 3 rings (SSSR count). The van der Waals surface area contributed by atoms with E-state index in [9.17, 15) is 15.0 Å². The number of aliphatic hydroxyl groups excluding tert-OH is 1. The third-order valence-electron chi connectivity index (χ3n) is 4.10. The first kappa shape index (κ1) is 15.6. The van der Waals surface area contributed by atoms with E-state index in [2.05, 4.69) is 0 Å². The molecular formula is C15H14Cl2O5. The molecule has 1 aromatic rings. The van der Waals surface area contributed by atoms with E-state index in [1.54, 1.807) is 0 Å². The number of halogens is 2. The van der Waals surface area contributed by atoms with Gasteiger partial charge in [0.05, 0.1) is 10.1 Å². The van der Waals surface area contributed by atoms with E-state index in [1.807, 2.05) is 0 Å².